The standard InChI is InChI=1S/C8H5NO5/c10-7(8(11)12)5-3-1-2-4-6(5)9(13)14/h1-4H,(H,11,12)/i7+1,8+1. The van der Waals surface area contributed by atoms with E-state index in [-0.39, 0.29) is 0 Å². The number of benzene rings is 1. The molecule has 0 spiro atoms. The second-order valence-corrected chi connectivity index (χ2v) is 2.41. The van der Waals surface area contributed by atoms with Crippen molar-refractivity contribution in [3.63, 3.8) is 0 Å². The highest BCUT2D eigenvalue weighted by Crippen LogP contribution is 2.17. The Labute approximate surface area is 77.9 Å². The number of hydrogen-bond donors (Lipinski definition) is 1. The molecule has 0 aliphatic heterocycles. The second kappa shape index (κ2) is 3.65. The van der Waals surface area contributed by atoms with E-state index in [0.29, 0.717) is 0 Å². The van der Waals surface area contributed by atoms with Gasteiger partial charge in [-0.05, 0) is 6.07 Å². The van der Waals surface area contributed by atoms with Gasteiger partial charge in [-0.2, -0.15) is 0 Å². The van der Waals surface area contributed by atoms with Crippen molar-refractivity contribution in [3.05, 3.63) is 39.9 Å². The van der Waals surface area contributed by atoms with Crippen LogP contribution >= 0.6 is 0 Å². The molecule has 0 aliphatic carbocycles. The SMILES string of the molecule is O=[13C](O)[13C](=O)c1ccccc1[N+](=O)[O-]. The molecule has 0 fully saturated rings. The van der Waals surface area contributed by atoms with Crippen molar-refractivity contribution in [3.8, 4) is 0 Å². The summed E-state index contributed by atoms with van der Waals surface area (Å²) in [5.41, 5.74) is -0.912. The number of hydrogen-bond acceptors (Lipinski definition) is 4. The minimum atomic E-state index is -1.71. The molecular weight excluding hydrogens is 192 g/mol. The van der Waals surface area contributed by atoms with E-state index in [1.165, 1.54) is 12.1 Å². The Balaban J connectivity index is 3.27. The second-order valence-electron chi connectivity index (χ2n) is 2.41. The van der Waals surface area contributed by atoms with E-state index < -0.39 is 27.9 Å². The van der Waals surface area contributed by atoms with Crippen molar-refractivity contribution in [2.45, 2.75) is 0 Å². The van der Waals surface area contributed by atoms with E-state index in [1.807, 2.05) is 0 Å². The van der Waals surface area contributed by atoms with Crippen LogP contribution in [0.1, 0.15) is 10.4 Å². The van der Waals surface area contributed by atoms with Crippen LogP contribution in [0.15, 0.2) is 24.3 Å². The molecule has 0 unspecified atom stereocenters. The quantitative estimate of drug-likeness (QED) is 0.255. The van der Waals surface area contributed by atoms with E-state index in [2.05, 4.69) is 0 Å². The summed E-state index contributed by atoms with van der Waals surface area (Å²) in [5, 5.41) is 18.8. The highest BCUT2D eigenvalue weighted by Gasteiger charge is 2.23. The number of nitrogens with zero attached hydrogens (tertiary/aromatic N) is 1. The monoisotopic (exact) mass is 197 g/mol. The molecule has 6 heteroatoms. The van der Waals surface area contributed by atoms with Crippen molar-refractivity contribution in [1.29, 1.82) is 0 Å². The van der Waals surface area contributed by atoms with E-state index in [1.54, 1.807) is 0 Å². The number of carbonyl (C=O) groups excluding carboxylic acids is 1. The van der Waals surface area contributed by atoms with Gasteiger partial charge in [0.1, 0.15) is 5.56 Å². The van der Waals surface area contributed by atoms with Crippen LogP contribution in [0.2, 0.25) is 0 Å². The Morgan fingerprint density at radius 1 is 1.29 bits per heavy atom. The van der Waals surface area contributed by atoms with Gasteiger partial charge in [0.25, 0.3) is 11.5 Å². The van der Waals surface area contributed by atoms with E-state index >= 15 is 0 Å². The molecule has 1 aromatic rings. The van der Waals surface area contributed by atoms with Gasteiger partial charge in [0.15, 0.2) is 0 Å². The Bertz CT molecular complexity index is 412. The number of nitro benzene ring substituents is 1. The smallest absolute Gasteiger partial charge is 0.377 e. The number of carboxylic acid groups (broad SMARTS) is 1. The zero-order chi connectivity index (χ0) is 10.7. The minimum Gasteiger partial charge on any atom is -0.475 e. The van der Waals surface area contributed by atoms with Crippen LogP contribution < -0.4 is 0 Å². The van der Waals surface area contributed by atoms with Crippen LogP contribution in [0.25, 0.3) is 0 Å². The molecule has 1 aromatic carbocycles. The number of carboxylic acids is 1. The number of carbonyl (C=O) groups is 2. The lowest BCUT2D eigenvalue weighted by atomic mass is 10.2. The van der Waals surface area contributed by atoms with Crippen molar-refractivity contribution in [2.24, 2.45) is 0 Å². The van der Waals surface area contributed by atoms with Crippen molar-refractivity contribution in [2.75, 3.05) is 0 Å². The van der Waals surface area contributed by atoms with E-state index in [4.69, 9.17) is 5.11 Å². The van der Waals surface area contributed by atoms with Crippen molar-refractivity contribution in [1.82, 2.24) is 0 Å². The normalized spacial score (nSPS) is 9.43. The molecule has 1 rings (SSSR count). The molecule has 0 saturated heterocycles. The van der Waals surface area contributed by atoms with Crippen molar-refractivity contribution < 1.29 is 19.6 Å². The highest BCUT2D eigenvalue weighted by atomic mass is 16.6. The van der Waals surface area contributed by atoms with Gasteiger partial charge < -0.3 is 5.11 Å². The number of nitro groups is 1. The summed E-state index contributed by atoms with van der Waals surface area (Å²) >= 11 is 0. The predicted molar refractivity (Wildman–Crippen MR) is 45.1 cm³/mol. The van der Waals surface area contributed by atoms with Crippen LogP contribution in [0.5, 0.6) is 0 Å². The maximum Gasteiger partial charge on any atom is 0.377 e. The Hall–Kier alpha value is -2.24. The van der Waals surface area contributed by atoms with Crippen LogP contribution in [0.4, 0.5) is 5.69 Å². The molecule has 0 amide bonds. The topological polar surface area (TPSA) is 97.5 Å². The lowest BCUT2D eigenvalue weighted by molar-refractivity contribution is -0.385. The third-order valence-corrected chi connectivity index (χ3v) is 1.54. The number of ketones is 1. The lowest BCUT2D eigenvalue weighted by Crippen LogP contribution is -2.14. The van der Waals surface area contributed by atoms with Gasteiger partial charge in [0, 0.05) is 6.07 Å². The summed E-state index contributed by atoms with van der Waals surface area (Å²) < 4.78 is 0. The van der Waals surface area contributed by atoms with Crippen LogP contribution in [0.3, 0.4) is 0 Å². The number of para-hydroxylation sites is 1. The summed E-state index contributed by atoms with van der Waals surface area (Å²) in [6.07, 6.45) is 0. The maximum atomic E-state index is 11.0. The molecule has 72 valence electrons. The Morgan fingerprint density at radius 2 is 1.86 bits per heavy atom. The van der Waals surface area contributed by atoms with Crippen LogP contribution in [-0.2, 0) is 4.79 Å². The Kier molecular flexibility index (Phi) is 2.57. The Morgan fingerprint density at radius 3 is 2.36 bits per heavy atom. The molecule has 1 N–H and O–H groups in total. The third-order valence-electron chi connectivity index (χ3n) is 1.54. The van der Waals surface area contributed by atoms with Crippen molar-refractivity contribution >= 4 is 17.4 Å². The fourth-order valence-corrected chi connectivity index (χ4v) is 0.940. The molecule has 0 radical (unpaired) electrons. The number of Topliss-reactive ketones (excluding diaryl/α,β-unsaturated/α-hetero) is 1. The summed E-state index contributed by atoms with van der Waals surface area (Å²) in [5.74, 6) is -2.99. The summed E-state index contributed by atoms with van der Waals surface area (Å²) in [6, 6.07) is 4.91. The average Bonchev–Trinajstić information content (AvgIpc) is 2.16. The fourth-order valence-electron chi connectivity index (χ4n) is 0.940. The van der Waals surface area contributed by atoms with Gasteiger partial charge in [-0.15, -0.1) is 0 Å². The van der Waals surface area contributed by atoms with E-state index in [0.717, 1.165) is 12.1 Å². The van der Waals surface area contributed by atoms with Crippen LogP contribution in [0, 0.1) is 10.1 Å². The summed E-state index contributed by atoms with van der Waals surface area (Å²) in [4.78, 5) is 30.9. The molecule has 0 aromatic heterocycles. The van der Waals surface area contributed by atoms with E-state index in [9.17, 15) is 19.7 Å². The first-order chi connectivity index (χ1) is 6.54. The van der Waals surface area contributed by atoms with Gasteiger partial charge in [-0.25, -0.2) is 4.79 Å². The lowest BCUT2D eigenvalue weighted by Gasteiger charge is -1.96. The van der Waals surface area contributed by atoms with Gasteiger partial charge in [-0.1, -0.05) is 12.1 Å². The molecule has 0 aliphatic rings. The summed E-state index contributed by atoms with van der Waals surface area (Å²) in [7, 11) is 0. The van der Waals surface area contributed by atoms with Gasteiger partial charge in [0.05, 0.1) is 4.92 Å². The zero-order valence-electron chi connectivity index (χ0n) is 6.84. The van der Waals surface area contributed by atoms with Gasteiger partial charge in [-0.3, -0.25) is 14.9 Å². The molecular formula is C8H5NO5. The minimum absolute atomic E-state index is 0.412. The first kappa shape index (κ1) is 9.85. The van der Waals surface area contributed by atoms with Gasteiger partial charge >= 0.3 is 5.97 Å². The number of aliphatic carboxylic acids is 1. The summed E-state index contributed by atoms with van der Waals surface area (Å²) in [6.45, 7) is 0. The number of rotatable bonds is 3. The molecule has 14 heavy (non-hydrogen) atoms. The molecule has 0 heterocycles. The maximum absolute atomic E-state index is 11.0. The predicted octanol–water partition coefficient (Wildman–Crippen LogP) is 0.862. The third kappa shape index (κ3) is 1.74. The zero-order valence-corrected chi connectivity index (χ0v) is 6.84. The first-order valence-corrected chi connectivity index (χ1v) is 3.55. The molecule has 6 nitrogen and oxygen atoms in total. The van der Waals surface area contributed by atoms with Crippen LogP contribution in [-0.4, -0.2) is 21.8 Å². The van der Waals surface area contributed by atoms with Gasteiger partial charge in [0.2, 0.25) is 0 Å². The fraction of sp³-hybridized carbons (Fsp3) is 0. The first-order valence-electron chi connectivity index (χ1n) is 3.55. The average molecular weight is 197 g/mol. The largest absolute Gasteiger partial charge is 0.475 e. The highest BCUT2D eigenvalue weighted by molar-refractivity contribution is 6.40. The molecule has 0 saturated carbocycles. The molecule has 0 bridgehead atoms. The molecule has 0 atom stereocenters.